The van der Waals surface area contributed by atoms with Crippen molar-refractivity contribution in [2.24, 2.45) is 0 Å². The quantitative estimate of drug-likeness (QED) is 0.518. The van der Waals surface area contributed by atoms with Gasteiger partial charge in [0.25, 0.3) is 5.91 Å². The van der Waals surface area contributed by atoms with Crippen LogP contribution in [0.2, 0.25) is 10.0 Å². The molecule has 1 N–H and O–H groups in total. The van der Waals surface area contributed by atoms with Gasteiger partial charge in [0.1, 0.15) is 5.82 Å². The maximum atomic E-state index is 13.3. The Hall–Kier alpha value is -2.09. The lowest BCUT2D eigenvalue weighted by Crippen LogP contribution is -2.25. The number of nitrogens with zero attached hydrogens (tertiary/aromatic N) is 3. The zero-order chi connectivity index (χ0) is 20.1. The van der Waals surface area contributed by atoms with Crippen molar-refractivity contribution in [1.82, 2.24) is 20.1 Å². The molecule has 146 valence electrons. The van der Waals surface area contributed by atoms with E-state index in [-0.39, 0.29) is 23.8 Å². The molecule has 2 aromatic carbocycles. The maximum absolute atomic E-state index is 13.3. The van der Waals surface area contributed by atoms with Crippen molar-refractivity contribution < 1.29 is 9.18 Å². The number of hydrogen-bond acceptors (Lipinski definition) is 4. The van der Waals surface area contributed by atoms with Crippen LogP contribution in [0.1, 0.15) is 29.5 Å². The summed E-state index contributed by atoms with van der Waals surface area (Å²) in [6.07, 6.45) is 0.972. The van der Waals surface area contributed by atoms with Gasteiger partial charge in [-0.3, -0.25) is 9.36 Å². The van der Waals surface area contributed by atoms with E-state index in [0.717, 1.165) is 17.9 Å². The molecule has 0 aliphatic rings. The van der Waals surface area contributed by atoms with E-state index in [0.29, 0.717) is 21.0 Å². The van der Waals surface area contributed by atoms with Crippen molar-refractivity contribution in [2.75, 3.05) is 5.75 Å². The van der Waals surface area contributed by atoms with Gasteiger partial charge in [-0.05, 0) is 48.9 Å². The number of carbonyl (C=O) groups excluding carboxylic acids is 1. The van der Waals surface area contributed by atoms with E-state index in [1.54, 1.807) is 40.6 Å². The molecule has 1 amide bonds. The third kappa shape index (κ3) is 4.84. The predicted molar refractivity (Wildman–Crippen MR) is 110 cm³/mol. The number of amides is 1. The molecular formula is C19H17Cl2FN4OS. The average molecular weight is 439 g/mol. The number of benzene rings is 2. The fraction of sp³-hybridized carbons (Fsp3) is 0.211. The molecule has 5 nitrogen and oxygen atoms in total. The first-order valence-corrected chi connectivity index (χ1v) is 10.3. The summed E-state index contributed by atoms with van der Waals surface area (Å²) >= 11 is 13.6. The molecule has 0 fully saturated rings. The van der Waals surface area contributed by atoms with Crippen LogP contribution in [0.25, 0.3) is 5.69 Å². The van der Waals surface area contributed by atoms with Crippen LogP contribution in [0.15, 0.2) is 47.6 Å². The summed E-state index contributed by atoms with van der Waals surface area (Å²) in [4.78, 5) is 12.5. The van der Waals surface area contributed by atoms with E-state index in [4.69, 9.17) is 23.2 Å². The van der Waals surface area contributed by atoms with Crippen LogP contribution in [0.4, 0.5) is 4.39 Å². The van der Waals surface area contributed by atoms with Crippen LogP contribution in [-0.2, 0) is 6.54 Å². The lowest BCUT2D eigenvalue weighted by molar-refractivity contribution is 0.0950. The van der Waals surface area contributed by atoms with Crippen molar-refractivity contribution >= 4 is 40.9 Å². The second kappa shape index (κ2) is 9.41. The van der Waals surface area contributed by atoms with Crippen LogP contribution in [0, 0.1) is 5.82 Å². The molecule has 28 heavy (non-hydrogen) atoms. The van der Waals surface area contributed by atoms with E-state index >= 15 is 0 Å². The highest BCUT2D eigenvalue weighted by Crippen LogP contribution is 2.24. The van der Waals surface area contributed by atoms with E-state index in [2.05, 4.69) is 22.4 Å². The van der Waals surface area contributed by atoms with Crippen molar-refractivity contribution in [3.05, 3.63) is 69.7 Å². The minimum Gasteiger partial charge on any atom is -0.345 e. The summed E-state index contributed by atoms with van der Waals surface area (Å²) < 4.78 is 15.1. The smallest absolute Gasteiger partial charge is 0.253 e. The van der Waals surface area contributed by atoms with Crippen molar-refractivity contribution in [2.45, 2.75) is 25.0 Å². The van der Waals surface area contributed by atoms with Gasteiger partial charge in [0.05, 0.1) is 17.1 Å². The molecule has 0 aliphatic carbocycles. The monoisotopic (exact) mass is 438 g/mol. The SMILES string of the molecule is CCCSc1nnc(CNC(=O)c2cc(Cl)ccc2Cl)n1-c1ccc(F)cc1. The van der Waals surface area contributed by atoms with Crippen LogP contribution in [-0.4, -0.2) is 26.4 Å². The maximum Gasteiger partial charge on any atom is 0.253 e. The zero-order valence-electron chi connectivity index (χ0n) is 15.0. The molecule has 0 aliphatic heterocycles. The van der Waals surface area contributed by atoms with Gasteiger partial charge >= 0.3 is 0 Å². The predicted octanol–water partition coefficient (Wildman–Crippen LogP) is 5.15. The zero-order valence-corrected chi connectivity index (χ0v) is 17.3. The summed E-state index contributed by atoms with van der Waals surface area (Å²) in [7, 11) is 0. The summed E-state index contributed by atoms with van der Waals surface area (Å²) in [5, 5.41) is 12.6. The Labute approximate surface area is 176 Å². The lowest BCUT2D eigenvalue weighted by atomic mass is 10.2. The van der Waals surface area contributed by atoms with Crippen molar-refractivity contribution in [3.63, 3.8) is 0 Å². The molecule has 0 saturated heterocycles. The molecule has 0 radical (unpaired) electrons. The molecule has 0 unspecified atom stereocenters. The Bertz CT molecular complexity index is 979. The molecule has 9 heteroatoms. The second-order valence-electron chi connectivity index (χ2n) is 5.87. The summed E-state index contributed by atoms with van der Waals surface area (Å²) in [6.45, 7) is 2.19. The normalized spacial score (nSPS) is 10.9. The molecule has 3 rings (SSSR count). The van der Waals surface area contributed by atoms with Crippen molar-refractivity contribution in [3.8, 4) is 5.69 Å². The Kier molecular flexibility index (Phi) is 6.93. The van der Waals surface area contributed by atoms with Crippen LogP contribution < -0.4 is 5.32 Å². The number of halogens is 3. The highest BCUT2D eigenvalue weighted by Gasteiger charge is 2.17. The lowest BCUT2D eigenvalue weighted by Gasteiger charge is -2.11. The fourth-order valence-corrected chi connectivity index (χ4v) is 3.68. The summed E-state index contributed by atoms with van der Waals surface area (Å²) in [5.74, 6) is 0.690. The van der Waals surface area contributed by atoms with E-state index in [1.165, 1.54) is 18.2 Å². The topological polar surface area (TPSA) is 59.8 Å². The third-order valence-corrected chi connectivity index (χ3v) is 5.50. The first-order valence-electron chi connectivity index (χ1n) is 8.56. The Morgan fingerprint density at radius 3 is 2.64 bits per heavy atom. The molecule has 0 bridgehead atoms. The van der Waals surface area contributed by atoms with Crippen molar-refractivity contribution in [1.29, 1.82) is 0 Å². The van der Waals surface area contributed by atoms with Gasteiger partial charge in [0.15, 0.2) is 11.0 Å². The first-order chi connectivity index (χ1) is 13.5. The standard InChI is InChI=1S/C19H17Cl2FN4OS/c1-2-9-28-19-25-24-17(26(19)14-6-4-13(22)5-7-14)11-23-18(27)15-10-12(20)3-8-16(15)21/h3-8,10H,2,9,11H2,1H3,(H,23,27). The highest BCUT2D eigenvalue weighted by molar-refractivity contribution is 7.99. The van der Waals surface area contributed by atoms with Gasteiger partial charge in [0, 0.05) is 16.5 Å². The van der Waals surface area contributed by atoms with Gasteiger partial charge in [-0.25, -0.2) is 4.39 Å². The highest BCUT2D eigenvalue weighted by atomic mass is 35.5. The molecule has 0 saturated carbocycles. The Balaban J connectivity index is 1.85. The third-order valence-electron chi connectivity index (χ3n) is 3.80. The summed E-state index contributed by atoms with van der Waals surface area (Å²) in [6, 6.07) is 10.7. The minimum atomic E-state index is -0.371. The molecule has 1 aromatic heterocycles. The largest absolute Gasteiger partial charge is 0.345 e. The fourth-order valence-electron chi connectivity index (χ4n) is 2.48. The van der Waals surface area contributed by atoms with Gasteiger partial charge in [-0.2, -0.15) is 0 Å². The molecule has 1 heterocycles. The summed E-state index contributed by atoms with van der Waals surface area (Å²) in [5.41, 5.74) is 0.998. The number of nitrogens with one attached hydrogen (secondary N) is 1. The Morgan fingerprint density at radius 2 is 1.93 bits per heavy atom. The van der Waals surface area contributed by atoms with Gasteiger partial charge < -0.3 is 5.32 Å². The number of aromatic nitrogens is 3. The van der Waals surface area contributed by atoms with Crippen LogP contribution >= 0.6 is 35.0 Å². The molecule has 0 spiro atoms. The van der Waals surface area contributed by atoms with Gasteiger partial charge in [-0.15, -0.1) is 10.2 Å². The van der Waals surface area contributed by atoms with Gasteiger partial charge in [0.2, 0.25) is 0 Å². The number of hydrogen-bond donors (Lipinski definition) is 1. The van der Waals surface area contributed by atoms with Crippen LogP contribution in [0.3, 0.4) is 0 Å². The number of rotatable bonds is 7. The minimum absolute atomic E-state index is 0.124. The molecular weight excluding hydrogens is 422 g/mol. The second-order valence-corrected chi connectivity index (χ2v) is 7.77. The van der Waals surface area contributed by atoms with Crippen LogP contribution in [0.5, 0.6) is 0 Å². The van der Waals surface area contributed by atoms with E-state index < -0.39 is 0 Å². The Morgan fingerprint density at radius 1 is 1.18 bits per heavy atom. The van der Waals surface area contributed by atoms with Gasteiger partial charge in [-0.1, -0.05) is 41.9 Å². The average Bonchev–Trinajstić information content (AvgIpc) is 3.09. The molecule has 3 aromatic rings. The van der Waals surface area contributed by atoms with E-state index in [9.17, 15) is 9.18 Å². The number of carbonyl (C=O) groups is 1. The first kappa shape index (κ1) is 20.6. The molecule has 0 atom stereocenters. The number of thioether (sulfide) groups is 1. The van der Waals surface area contributed by atoms with E-state index in [1.807, 2.05) is 0 Å².